The fraction of sp³-hybridized carbons (Fsp3) is 0.167. The van der Waals surface area contributed by atoms with Crippen molar-refractivity contribution in [2.75, 3.05) is 14.2 Å². The SMILES string of the molecule is COc1ccc(Cc2ccc3ncccc3c2)cc1OC. The van der Waals surface area contributed by atoms with Gasteiger partial charge in [0, 0.05) is 11.6 Å². The molecule has 0 fully saturated rings. The first-order valence-electron chi connectivity index (χ1n) is 6.85. The highest BCUT2D eigenvalue weighted by Crippen LogP contribution is 2.28. The van der Waals surface area contributed by atoms with Crippen molar-refractivity contribution in [3.8, 4) is 11.5 Å². The lowest BCUT2D eigenvalue weighted by Gasteiger charge is -2.10. The van der Waals surface area contributed by atoms with Gasteiger partial charge in [-0.1, -0.05) is 18.2 Å². The Balaban J connectivity index is 1.91. The molecule has 0 saturated heterocycles. The Bertz CT molecular complexity index is 768. The zero-order chi connectivity index (χ0) is 14.7. The third kappa shape index (κ3) is 2.82. The average Bonchev–Trinajstić information content (AvgIpc) is 2.54. The minimum Gasteiger partial charge on any atom is -0.493 e. The molecular formula is C18H17NO2. The molecule has 0 saturated carbocycles. The molecule has 0 amide bonds. The highest BCUT2D eigenvalue weighted by molar-refractivity contribution is 5.79. The van der Waals surface area contributed by atoms with Gasteiger partial charge in [-0.15, -0.1) is 0 Å². The highest BCUT2D eigenvalue weighted by atomic mass is 16.5. The molecule has 1 heterocycles. The van der Waals surface area contributed by atoms with E-state index in [2.05, 4.69) is 35.3 Å². The number of nitrogens with zero attached hydrogens (tertiary/aromatic N) is 1. The maximum Gasteiger partial charge on any atom is 0.160 e. The summed E-state index contributed by atoms with van der Waals surface area (Å²) in [6, 6.07) is 16.4. The van der Waals surface area contributed by atoms with E-state index < -0.39 is 0 Å². The molecule has 0 bridgehead atoms. The van der Waals surface area contributed by atoms with Gasteiger partial charge in [0.25, 0.3) is 0 Å². The van der Waals surface area contributed by atoms with Gasteiger partial charge >= 0.3 is 0 Å². The van der Waals surface area contributed by atoms with Crippen LogP contribution in [0.3, 0.4) is 0 Å². The van der Waals surface area contributed by atoms with Gasteiger partial charge in [-0.05, 0) is 47.9 Å². The van der Waals surface area contributed by atoms with Crippen molar-refractivity contribution in [3.63, 3.8) is 0 Å². The van der Waals surface area contributed by atoms with E-state index in [0.29, 0.717) is 0 Å². The smallest absolute Gasteiger partial charge is 0.160 e. The van der Waals surface area contributed by atoms with Crippen LogP contribution in [0.5, 0.6) is 11.5 Å². The first kappa shape index (κ1) is 13.4. The van der Waals surface area contributed by atoms with Crippen molar-refractivity contribution in [3.05, 3.63) is 65.9 Å². The molecule has 1 aromatic heterocycles. The minimum atomic E-state index is 0.754. The third-order valence-corrected chi connectivity index (χ3v) is 3.52. The Labute approximate surface area is 124 Å². The average molecular weight is 279 g/mol. The highest BCUT2D eigenvalue weighted by Gasteiger charge is 2.05. The summed E-state index contributed by atoms with van der Waals surface area (Å²) in [5, 5.41) is 1.16. The number of pyridine rings is 1. The molecule has 0 aliphatic carbocycles. The van der Waals surface area contributed by atoms with Gasteiger partial charge in [-0.3, -0.25) is 4.98 Å². The van der Waals surface area contributed by atoms with Crippen LogP contribution in [0.4, 0.5) is 0 Å². The van der Waals surface area contributed by atoms with Gasteiger partial charge in [0.05, 0.1) is 19.7 Å². The van der Waals surface area contributed by atoms with Crippen molar-refractivity contribution in [1.29, 1.82) is 0 Å². The lowest BCUT2D eigenvalue weighted by Crippen LogP contribution is -1.94. The summed E-state index contributed by atoms with van der Waals surface area (Å²) in [6.45, 7) is 0. The summed E-state index contributed by atoms with van der Waals surface area (Å²) >= 11 is 0. The van der Waals surface area contributed by atoms with E-state index in [-0.39, 0.29) is 0 Å². The van der Waals surface area contributed by atoms with Crippen LogP contribution >= 0.6 is 0 Å². The van der Waals surface area contributed by atoms with Gasteiger partial charge in [0.2, 0.25) is 0 Å². The molecule has 0 N–H and O–H groups in total. The van der Waals surface area contributed by atoms with Gasteiger partial charge in [0.15, 0.2) is 11.5 Å². The lowest BCUT2D eigenvalue weighted by molar-refractivity contribution is 0.354. The van der Waals surface area contributed by atoms with Crippen LogP contribution in [0.1, 0.15) is 11.1 Å². The second-order valence-corrected chi connectivity index (χ2v) is 4.90. The molecule has 3 rings (SSSR count). The first-order chi connectivity index (χ1) is 10.3. The molecule has 0 atom stereocenters. The molecule has 0 aliphatic rings. The van der Waals surface area contributed by atoms with Crippen LogP contribution in [0.15, 0.2) is 54.7 Å². The summed E-state index contributed by atoms with van der Waals surface area (Å²) in [7, 11) is 3.30. The Morgan fingerprint density at radius 1 is 0.857 bits per heavy atom. The second kappa shape index (κ2) is 5.83. The van der Waals surface area contributed by atoms with Crippen molar-refractivity contribution in [1.82, 2.24) is 4.98 Å². The van der Waals surface area contributed by atoms with Crippen LogP contribution in [0, 0.1) is 0 Å². The number of methoxy groups -OCH3 is 2. The molecular weight excluding hydrogens is 262 g/mol. The molecule has 2 aromatic carbocycles. The molecule has 106 valence electrons. The Kier molecular flexibility index (Phi) is 3.73. The van der Waals surface area contributed by atoms with Crippen LogP contribution in [0.2, 0.25) is 0 Å². The largest absolute Gasteiger partial charge is 0.493 e. The van der Waals surface area contributed by atoms with Crippen LogP contribution in [-0.2, 0) is 6.42 Å². The normalized spacial score (nSPS) is 10.6. The van der Waals surface area contributed by atoms with E-state index in [1.807, 2.05) is 24.4 Å². The summed E-state index contributed by atoms with van der Waals surface area (Å²) in [5.74, 6) is 1.52. The second-order valence-electron chi connectivity index (χ2n) is 4.90. The van der Waals surface area contributed by atoms with Gasteiger partial charge < -0.3 is 9.47 Å². The van der Waals surface area contributed by atoms with E-state index >= 15 is 0 Å². The zero-order valence-corrected chi connectivity index (χ0v) is 12.2. The van der Waals surface area contributed by atoms with Gasteiger partial charge in [0.1, 0.15) is 0 Å². The Morgan fingerprint density at radius 2 is 1.62 bits per heavy atom. The van der Waals surface area contributed by atoms with Crippen LogP contribution < -0.4 is 9.47 Å². The molecule has 0 spiro atoms. The van der Waals surface area contributed by atoms with E-state index in [1.165, 1.54) is 11.1 Å². The van der Waals surface area contributed by atoms with Crippen molar-refractivity contribution < 1.29 is 9.47 Å². The number of fused-ring (bicyclic) bond motifs is 1. The van der Waals surface area contributed by atoms with Crippen molar-refractivity contribution in [2.24, 2.45) is 0 Å². The van der Waals surface area contributed by atoms with E-state index in [1.54, 1.807) is 14.2 Å². The summed E-state index contributed by atoms with van der Waals surface area (Å²) in [6.07, 6.45) is 2.67. The Morgan fingerprint density at radius 3 is 2.43 bits per heavy atom. The maximum absolute atomic E-state index is 5.35. The van der Waals surface area contributed by atoms with E-state index in [0.717, 1.165) is 28.8 Å². The molecule has 3 aromatic rings. The summed E-state index contributed by atoms with van der Waals surface area (Å²) < 4.78 is 10.6. The molecule has 0 aliphatic heterocycles. The Hall–Kier alpha value is -2.55. The van der Waals surface area contributed by atoms with Gasteiger partial charge in [-0.2, -0.15) is 0 Å². The maximum atomic E-state index is 5.35. The van der Waals surface area contributed by atoms with Crippen LogP contribution in [0.25, 0.3) is 10.9 Å². The number of rotatable bonds is 4. The summed E-state index contributed by atoms with van der Waals surface area (Å²) in [4.78, 5) is 4.34. The third-order valence-electron chi connectivity index (χ3n) is 3.52. The fourth-order valence-corrected chi connectivity index (χ4v) is 2.46. The minimum absolute atomic E-state index is 0.754. The predicted octanol–water partition coefficient (Wildman–Crippen LogP) is 3.84. The van der Waals surface area contributed by atoms with Gasteiger partial charge in [-0.25, -0.2) is 0 Å². The number of hydrogen-bond acceptors (Lipinski definition) is 3. The first-order valence-corrected chi connectivity index (χ1v) is 6.85. The monoisotopic (exact) mass is 279 g/mol. The summed E-state index contributed by atoms with van der Waals surface area (Å²) in [5.41, 5.74) is 3.46. The molecule has 0 unspecified atom stereocenters. The van der Waals surface area contributed by atoms with E-state index in [9.17, 15) is 0 Å². The van der Waals surface area contributed by atoms with Crippen LogP contribution in [-0.4, -0.2) is 19.2 Å². The lowest BCUT2D eigenvalue weighted by atomic mass is 10.0. The van der Waals surface area contributed by atoms with E-state index in [4.69, 9.17) is 9.47 Å². The number of hydrogen-bond donors (Lipinski definition) is 0. The quantitative estimate of drug-likeness (QED) is 0.727. The van der Waals surface area contributed by atoms with Crippen molar-refractivity contribution >= 4 is 10.9 Å². The molecule has 21 heavy (non-hydrogen) atoms. The molecule has 3 heteroatoms. The standard InChI is InChI=1S/C18H17NO2/c1-20-17-8-6-14(12-18(17)21-2)10-13-5-7-16-15(11-13)4-3-9-19-16/h3-9,11-12H,10H2,1-2H3. The number of ether oxygens (including phenoxy) is 2. The number of benzene rings is 2. The molecule has 0 radical (unpaired) electrons. The molecule has 3 nitrogen and oxygen atoms in total. The number of aromatic nitrogens is 1. The topological polar surface area (TPSA) is 31.4 Å². The fourth-order valence-electron chi connectivity index (χ4n) is 2.46. The van der Waals surface area contributed by atoms with Crippen molar-refractivity contribution in [2.45, 2.75) is 6.42 Å². The predicted molar refractivity (Wildman–Crippen MR) is 84.1 cm³/mol. The zero-order valence-electron chi connectivity index (χ0n) is 12.2.